The van der Waals surface area contributed by atoms with Crippen LogP contribution in [0.3, 0.4) is 0 Å². The topological polar surface area (TPSA) is 87.4 Å². The fraction of sp³-hybridized carbons (Fsp3) is 0.308. The lowest BCUT2D eigenvalue weighted by molar-refractivity contribution is 0.431. The van der Waals surface area contributed by atoms with Crippen molar-refractivity contribution in [2.75, 3.05) is 7.05 Å². The molecule has 1 heterocycles. The average molecular weight is 292 g/mol. The molecule has 2 rings (SSSR count). The summed E-state index contributed by atoms with van der Waals surface area (Å²) < 4.78 is 14.9. The van der Waals surface area contributed by atoms with Gasteiger partial charge in [0, 0.05) is 20.6 Å². The van der Waals surface area contributed by atoms with Crippen LogP contribution >= 0.6 is 0 Å². The van der Waals surface area contributed by atoms with Gasteiger partial charge < -0.3 is 15.7 Å². The largest absolute Gasteiger partial charge is 0.505 e. The van der Waals surface area contributed by atoms with Crippen LogP contribution in [0.15, 0.2) is 29.5 Å². The number of phenols is 1. The molecule has 0 spiro atoms. The van der Waals surface area contributed by atoms with E-state index in [1.807, 2.05) is 0 Å². The number of nitrogens with one attached hydrogen (secondary N) is 2. The summed E-state index contributed by atoms with van der Waals surface area (Å²) in [5.41, 5.74) is 0.701. The summed E-state index contributed by atoms with van der Waals surface area (Å²) in [6.45, 7) is 0.857. The van der Waals surface area contributed by atoms with Crippen LogP contribution in [-0.4, -0.2) is 32.9 Å². The maximum Gasteiger partial charge on any atom is 0.191 e. The number of aromatic nitrogens is 3. The number of aliphatic imine (C=N–C) groups is 1. The van der Waals surface area contributed by atoms with Crippen LogP contribution in [0.2, 0.25) is 0 Å². The van der Waals surface area contributed by atoms with E-state index in [1.165, 1.54) is 18.5 Å². The van der Waals surface area contributed by atoms with Crippen LogP contribution in [0.25, 0.3) is 0 Å². The first-order valence-electron chi connectivity index (χ1n) is 6.35. The molecule has 0 saturated carbocycles. The number of rotatable bonds is 4. The van der Waals surface area contributed by atoms with Gasteiger partial charge >= 0.3 is 0 Å². The molecule has 2 aromatic rings. The second-order valence-electron chi connectivity index (χ2n) is 4.36. The zero-order chi connectivity index (χ0) is 15.2. The molecule has 0 aliphatic rings. The number of benzene rings is 1. The smallest absolute Gasteiger partial charge is 0.191 e. The Morgan fingerprint density at radius 1 is 1.38 bits per heavy atom. The fourth-order valence-electron chi connectivity index (χ4n) is 1.71. The van der Waals surface area contributed by atoms with Crippen molar-refractivity contribution >= 4 is 5.96 Å². The van der Waals surface area contributed by atoms with Crippen LogP contribution in [-0.2, 0) is 20.1 Å². The van der Waals surface area contributed by atoms with Gasteiger partial charge in [0.2, 0.25) is 0 Å². The Labute approximate surface area is 121 Å². The molecular formula is C13H17FN6O. The number of phenolic OH excluding ortho intramolecular Hbond substituents is 1. The summed E-state index contributed by atoms with van der Waals surface area (Å²) in [5.74, 6) is 0.333. The molecule has 0 atom stereocenters. The minimum absolute atomic E-state index is 0.358. The molecule has 0 radical (unpaired) electrons. The summed E-state index contributed by atoms with van der Waals surface area (Å²) in [5, 5.41) is 19.2. The summed E-state index contributed by atoms with van der Waals surface area (Å²) in [6.07, 6.45) is 1.48. The number of guanidine groups is 1. The predicted molar refractivity (Wildman–Crippen MR) is 76.1 cm³/mol. The van der Waals surface area contributed by atoms with Gasteiger partial charge in [-0.05, 0) is 17.7 Å². The van der Waals surface area contributed by atoms with Crippen molar-refractivity contribution in [2.45, 2.75) is 13.1 Å². The highest BCUT2D eigenvalue weighted by atomic mass is 19.1. The lowest BCUT2D eigenvalue weighted by atomic mass is 10.2. The van der Waals surface area contributed by atoms with Gasteiger partial charge in [-0.2, -0.15) is 5.10 Å². The van der Waals surface area contributed by atoms with Gasteiger partial charge in [0.1, 0.15) is 12.2 Å². The van der Waals surface area contributed by atoms with E-state index >= 15 is 0 Å². The van der Waals surface area contributed by atoms with Gasteiger partial charge in [0.25, 0.3) is 0 Å². The third kappa shape index (κ3) is 3.91. The van der Waals surface area contributed by atoms with E-state index in [9.17, 15) is 4.39 Å². The minimum atomic E-state index is -0.642. The van der Waals surface area contributed by atoms with Gasteiger partial charge in [-0.1, -0.05) is 6.07 Å². The Bertz CT molecular complexity index is 639. The summed E-state index contributed by atoms with van der Waals surface area (Å²) in [6, 6.07) is 4.24. The summed E-state index contributed by atoms with van der Waals surface area (Å²) in [7, 11) is 3.45. The summed E-state index contributed by atoms with van der Waals surface area (Å²) >= 11 is 0. The van der Waals surface area contributed by atoms with Crippen LogP contribution in [0, 0.1) is 5.82 Å². The van der Waals surface area contributed by atoms with Crippen LogP contribution in [0.5, 0.6) is 5.75 Å². The molecule has 0 bridgehead atoms. The Hall–Kier alpha value is -2.64. The predicted octanol–water partition coefficient (Wildman–Crippen LogP) is 0.525. The van der Waals surface area contributed by atoms with Crippen molar-refractivity contribution in [3.63, 3.8) is 0 Å². The van der Waals surface area contributed by atoms with Gasteiger partial charge in [0.15, 0.2) is 17.5 Å². The first-order chi connectivity index (χ1) is 10.1. The maximum atomic E-state index is 13.2. The van der Waals surface area contributed by atoms with Gasteiger partial charge in [-0.15, -0.1) is 0 Å². The van der Waals surface area contributed by atoms with E-state index in [4.69, 9.17) is 5.11 Å². The van der Waals surface area contributed by atoms with Crippen LogP contribution < -0.4 is 10.6 Å². The second kappa shape index (κ2) is 6.69. The van der Waals surface area contributed by atoms with Crippen molar-refractivity contribution in [1.29, 1.82) is 0 Å². The SMILES string of the molecule is CN=C(NCc1ccc(O)c(F)c1)NCc1ncnn1C. The Morgan fingerprint density at radius 2 is 2.14 bits per heavy atom. The van der Waals surface area contributed by atoms with E-state index in [1.54, 1.807) is 24.8 Å². The molecule has 0 aliphatic carbocycles. The molecule has 0 amide bonds. The normalized spacial score (nSPS) is 11.5. The molecule has 1 aromatic heterocycles. The Morgan fingerprint density at radius 3 is 2.76 bits per heavy atom. The van der Waals surface area contributed by atoms with Crippen LogP contribution in [0.4, 0.5) is 4.39 Å². The number of aromatic hydroxyl groups is 1. The molecular weight excluding hydrogens is 275 g/mol. The molecule has 112 valence electrons. The number of aryl methyl sites for hydroxylation is 1. The highest BCUT2D eigenvalue weighted by Gasteiger charge is 2.04. The highest BCUT2D eigenvalue weighted by Crippen LogP contribution is 2.15. The van der Waals surface area contributed by atoms with Crippen molar-refractivity contribution in [1.82, 2.24) is 25.4 Å². The van der Waals surface area contributed by atoms with Crippen molar-refractivity contribution < 1.29 is 9.50 Å². The highest BCUT2D eigenvalue weighted by molar-refractivity contribution is 5.79. The number of hydrogen-bond acceptors (Lipinski definition) is 4. The first kappa shape index (κ1) is 14.8. The number of hydrogen-bond donors (Lipinski definition) is 3. The van der Waals surface area contributed by atoms with E-state index in [2.05, 4.69) is 25.7 Å². The first-order valence-corrected chi connectivity index (χ1v) is 6.35. The maximum absolute atomic E-state index is 13.2. The molecule has 0 unspecified atom stereocenters. The zero-order valence-corrected chi connectivity index (χ0v) is 11.8. The third-order valence-corrected chi connectivity index (χ3v) is 2.91. The van der Waals surface area contributed by atoms with E-state index in [0.29, 0.717) is 24.6 Å². The lowest BCUT2D eigenvalue weighted by Crippen LogP contribution is -2.36. The molecule has 8 heteroatoms. The zero-order valence-electron chi connectivity index (χ0n) is 11.8. The molecule has 3 N–H and O–H groups in total. The second-order valence-corrected chi connectivity index (χ2v) is 4.36. The standard InChI is InChI=1S/C13H17FN6O/c1-15-13(17-7-12-18-8-19-20(12)2)16-6-9-3-4-11(21)10(14)5-9/h3-5,8,21H,6-7H2,1-2H3,(H2,15,16,17). The fourth-order valence-corrected chi connectivity index (χ4v) is 1.71. The summed E-state index contributed by atoms with van der Waals surface area (Å²) in [4.78, 5) is 8.16. The molecule has 21 heavy (non-hydrogen) atoms. The molecule has 1 aromatic carbocycles. The molecule has 0 saturated heterocycles. The third-order valence-electron chi connectivity index (χ3n) is 2.91. The number of nitrogens with zero attached hydrogens (tertiary/aromatic N) is 4. The van der Waals surface area contributed by atoms with E-state index in [0.717, 1.165) is 5.82 Å². The van der Waals surface area contributed by atoms with Crippen molar-refractivity contribution in [2.24, 2.45) is 12.0 Å². The molecule has 0 aliphatic heterocycles. The lowest BCUT2D eigenvalue weighted by Gasteiger charge is -2.11. The van der Waals surface area contributed by atoms with Gasteiger partial charge in [-0.3, -0.25) is 9.67 Å². The monoisotopic (exact) mass is 292 g/mol. The quantitative estimate of drug-likeness (QED) is 0.565. The Kier molecular flexibility index (Phi) is 4.70. The number of halogens is 1. The van der Waals surface area contributed by atoms with Crippen molar-refractivity contribution in [3.8, 4) is 5.75 Å². The van der Waals surface area contributed by atoms with E-state index < -0.39 is 5.82 Å². The Balaban J connectivity index is 1.88. The molecule has 0 fully saturated rings. The minimum Gasteiger partial charge on any atom is -0.505 e. The van der Waals surface area contributed by atoms with Gasteiger partial charge in [-0.25, -0.2) is 9.37 Å². The van der Waals surface area contributed by atoms with Crippen molar-refractivity contribution in [3.05, 3.63) is 41.7 Å². The molecule has 7 nitrogen and oxygen atoms in total. The van der Waals surface area contributed by atoms with Gasteiger partial charge in [0.05, 0.1) is 6.54 Å². The van der Waals surface area contributed by atoms with E-state index in [-0.39, 0.29) is 5.75 Å². The average Bonchev–Trinajstić information content (AvgIpc) is 2.88. The van der Waals surface area contributed by atoms with Crippen LogP contribution in [0.1, 0.15) is 11.4 Å².